The fourth-order valence-electron chi connectivity index (χ4n) is 8.13. The molecule has 11 nitrogen and oxygen atoms in total. The van der Waals surface area contributed by atoms with Crippen LogP contribution in [0.1, 0.15) is 53.4 Å². The smallest absolute Gasteiger partial charge is 0.230 e. The topological polar surface area (TPSA) is 171 Å². The summed E-state index contributed by atoms with van der Waals surface area (Å²) < 4.78 is 5.92. The summed E-state index contributed by atoms with van der Waals surface area (Å²) in [6.45, 7) is 2.70. The minimum atomic E-state index is -0.930. The summed E-state index contributed by atoms with van der Waals surface area (Å²) in [6.07, 6.45) is 5.13. The Kier molecular flexibility index (Phi) is 7.97. The number of pyridine rings is 2. The van der Waals surface area contributed by atoms with Gasteiger partial charge in [-0.3, -0.25) is 24.4 Å². The van der Waals surface area contributed by atoms with Crippen LogP contribution in [-0.2, 0) is 31.1 Å². The van der Waals surface area contributed by atoms with Gasteiger partial charge in [0.15, 0.2) is 16.9 Å². The summed E-state index contributed by atoms with van der Waals surface area (Å²) in [6, 6.07) is 14.0. The molecule has 11 heteroatoms. The molecule has 1 atom stereocenters. The van der Waals surface area contributed by atoms with Gasteiger partial charge in [0.25, 0.3) is 0 Å². The van der Waals surface area contributed by atoms with Crippen molar-refractivity contribution in [2.45, 2.75) is 46.1 Å². The maximum Gasteiger partial charge on any atom is 0.230 e. The Hall–Kier alpha value is -6.17. The average Bonchev–Trinajstić information content (AvgIpc) is 3.28. The lowest BCUT2D eigenvalue weighted by atomic mass is 9.79. The molecule has 5 aromatic carbocycles. The number of phenols is 1. The summed E-state index contributed by atoms with van der Waals surface area (Å²) in [5.74, 6) is -1.51. The number of rotatable bonds is 10. The first kappa shape index (κ1) is 33.0. The van der Waals surface area contributed by atoms with Crippen LogP contribution < -0.4 is 26.2 Å². The van der Waals surface area contributed by atoms with Crippen LogP contribution in [0.25, 0.3) is 49.2 Å². The quantitative estimate of drug-likeness (QED) is 0.0676. The standard InChI is InChI=1S/C41H34N4O7/c1-19-12-25-31-34-30(22(18-47)14-27(49)33(34)39(50)38(25)45-16-24-9-5-7-11-43-24)29-21(17-46)13-26(44-15-23-8-4-6-10-42-23)32-35(29)36(31)37(28(19)20(2)48)41(52-3)40(32)51/h4-14,28,44-47,50H,15-18H2,1-3H3. The lowest BCUT2D eigenvalue weighted by Gasteiger charge is -2.26. The summed E-state index contributed by atoms with van der Waals surface area (Å²) >= 11 is 0. The number of aromatic hydroxyl groups is 1. The summed E-state index contributed by atoms with van der Waals surface area (Å²) in [5.41, 5.74) is 3.15. The number of nitrogens with zero attached hydrogens (tertiary/aromatic N) is 2. The number of Topliss-reactive ketones (excluding diaryl/α,β-unsaturated/α-hetero) is 1. The van der Waals surface area contributed by atoms with Gasteiger partial charge in [0, 0.05) is 45.4 Å². The van der Waals surface area contributed by atoms with Gasteiger partial charge < -0.3 is 30.7 Å². The fourth-order valence-corrected chi connectivity index (χ4v) is 8.13. The molecular weight excluding hydrogens is 660 g/mol. The van der Waals surface area contributed by atoms with Crippen LogP contribution in [0.3, 0.4) is 0 Å². The largest absolute Gasteiger partial charge is 0.505 e. The van der Waals surface area contributed by atoms with E-state index in [0.29, 0.717) is 71.7 Å². The molecule has 260 valence electrons. The van der Waals surface area contributed by atoms with Gasteiger partial charge in [-0.1, -0.05) is 23.8 Å². The van der Waals surface area contributed by atoms with Gasteiger partial charge >= 0.3 is 0 Å². The van der Waals surface area contributed by atoms with Gasteiger partial charge in [-0.25, -0.2) is 0 Å². The minimum Gasteiger partial charge on any atom is -0.505 e. The molecule has 1 unspecified atom stereocenters. The molecule has 0 spiro atoms. The summed E-state index contributed by atoms with van der Waals surface area (Å²) in [4.78, 5) is 51.4. The summed E-state index contributed by atoms with van der Waals surface area (Å²) in [7, 11) is 1.39. The molecule has 0 radical (unpaired) electrons. The van der Waals surface area contributed by atoms with E-state index in [0.717, 1.165) is 0 Å². The zero-order valence-corrected chi connectivity index (χ0v) is 28.6. The number of ether oxygens (including phenoxy) is 1. The van der Waals surface area contributed by atoms with Crippen LogP contribution >= 0.6 is 0 Å². The maximum absolute atomic E-state index is 14.8. The van der Waals surface area contributed by atoms with Crippen molar-refractivity contribution < 1.29 is 24.9 Å². The highest BCUT2D eigenvalue weighted by atomic mass is 16.5. The summed E-state index contributed by atoms with van der Waals surface area (Å²) in [5, 5.41) is 43.4. The predicted octanol–water partition coefficient (Wildman–Crippen LogP) is 5.70. The second-order valence-electron chi connectivity index (χ2n) is 13.1. The fraction of sp³-hybridized carbons (Fsp3) is 0.195. The number of fused-ring (bicyclic) bond motifs is 1. The Labute approximate surface area is 296 Å². The second kappa shape index (κ2) is 12.6. The molecule has 0 fully saturated rings. The zero-order valence-electron chi connectivity index (χ0n) is 28.6. The Bertz CT molecular complexity index is 2730. The van der Waals surface area contributed by atoms with Crippen molar-refractivity contribution in [2.24, 2.45) is 0 Å². The Balaban J connectivity index is 1.64. The van der Waals surface area contributed by atoms with Crippen molar-refractivity contribution >= 4 is 66.3 Å². The van der Waals surface area contributed by atoms with Crippen LogP contribution in [-0.4, -0.2) is 38.2 Å². The van der Waals surface area contributed by atoms with Gasteiger partial charge in [-0.05, 0) is 77.5 Å². The van der Waals surface area contributed by atoms with Gasteiger partial charge in [-0.15, -0.1) is 0 Å². The van der Waals surface area contributed by atoms with Crippen molar-refractivity contribution in [1.82, 2.24) is 9.97 Å². The number of phenolic OH excluding ortho intramolecular Hbond substituents is 1. The van der Waals surface area contributed by atoms with Crippen molar-refractivity contribution in [3.05, 3.63) is 121 Å². The third-order valence-corrected chi connectivity index (χ3v) is 10.2. The number of carbonyl (C=O) groups is 1. The second-order valence-corrected chi connectivity index (χ2v) is 13.1. The number of nitrogens with one attached hydrogen (secondary N) is 2. The highest BCUT2D eigenvalue weighted by Gasteiger charge is 2.36. The number of carbonyl (C=O) groups excluding carboxylic acids is 1. The molecule has 8 rings (SSSR count). The van der Waals surface area contributed by atoms with Gasteiger partial charge in [0.1, 0.15) is 5.78 Å². The van der Waals surface area contributed by atoms with E-state index in [2.05, 4.69) is 20.6 Å². The van der Waals surface area contributed by atoms with E-state index in [9.17, 15) is 29.7 Å². The number of aliphatic hydroxyl groups excluding tert-OH is 2. The molecule has 1 aliphatic rings. The number of anilines is 2. The number of aliphatic hydroxyl groups is 2. The molecular formula is C41H34N4O7. The van der Waals surface area contributed by atoms with Crippen LogP contribution in [0.4, 0.5) is 11.4 Å². The SMILES string of the molecule is COc1c2c3c4c(c(NCc5ccccn5)c(O)c5c(=O)cc(CO)c(c6c(CO)cc(NCc7ccccn7)c(c1=O)c63)c54)C=C(C)C2C(C)=O. The van der Waals surface area contributed by atoms with Gasteiger partial charge in [-0.2, -0.15) is 0 Å². The molecule has 1 aliphatic carbocycles. The van der Waals surface area contributed by atoms with Crippen LogP contribution in [0.5, 0.6) is 11.5 Å². The Morgan fingerprint density at radius 3 is 2.00 bits per heavy atom. The number of aromatic nitrogens is 2. The van der Waals surface area contributed by atoms with Gasteiger partial charge in [0.05, 0.1) is 67.2 Å². The van der Waals surface area contributed by atoms with Crippen LogP contribution in [0, 0.1) is 0 Å². The first-order valence-corrected chi connectivity index (χ1v) is 16.8. The first-order chi connectivity index (χ1) is 25.2. The molecule has 2 heterocycles. The van der Waals surface area contributed by atoms with E-state index in [4.69, 9.17) is 4.74 Å². The lowest BCUT2D eigenvalue weighted by Crippen LogP contribution is -2.19. The normalized spacial score (nSPS) is 14.0. The van der Waals surface area contributed by atoms with E-state index in [1.54, 1.807) is 43.6 Å². The van der Waals surface area contributed by atoms with Crippen LogP contribution in [0.15, 0.2) is 76.1 Å². The highest BCUT2D eigenvalue weighted by Crippen LogP contribution is 2.55. The average molecular weight is 695 g/mol. The minimum absolute atomic E-state index is 0.00189. The Morgan fingerprint density at radius 1 is 0.808 bits per heavy atom. The molecule has 7 aromatic rings. The first-order valence-electron chi connectivity index (χ1n) is 16.8. The lowest BCUT2D eigenvalue weighted by molar-refractivity contribution is -0.117. The predicted molar refractivity (Wildman–Crippen MR) is 202 cm³/mol. The zero-order chi connectivity index (χ0) is 36.4. The highest BCUT2D eigenvalue weighted by molar-refractivity contribution is 6.39. The number of hydrogen-bond donors (Lipinski definition) is 5. The Morgan fingerprint density at radius 2 is 1.42 bits per heavy atom. The third kappa shape index (κ3) is 4.77. The van der Waals surface area contributed by atoms with Crippen LogP contribution in [0.2, 0.25) is 0 Å². The molecule has 0 aliphatic heterocycles. The van der Waals surface area contributed by atoms with Crippen molar-refractivity contribution in [3.63, 3.8) is 0 Å². The molecule has 2 aromatic heterocycles. The van der Waals surface area contributed by atoms with Crippen molar-refractivity contribution in [2.75, 3.05) is 17.7 Å². The maximum atomic E-state index is 14.8. The number of benzene rings is 5. The number of allylic oxidation sites excluding steroid dienone is 1. The van der Waals surface area contributed by atoms with Crippen molar-refractivity contribution in [3.8, 4) is 11.5 Å². The number of methoxy groups -OCH3 is 1. The number of ketones is 1. The van der Waals surface area contributed by atoms with E-state index >= 15 is 0 Å². The van der Waals surface area contributed by atoms with E-state index in [1.165, 1.54) is 20.1 Å². The third-order valence-electron chi connectivity index (χ3n) is 10.2. The van der Waals surface area contributed by atoms with E-state index in [-0.39, 0.29) is 52.4 Å². The van der Waals surface area contributed by atoms with Gasteiger partial charge in [0.2, 0.25) is 5.43 Å². The molecule has 0 saturated heterocycles. The molecule has 0 amide bonds. The molecule has 0 saturated carbocycles. The monoisotopic (exact) mass is 694 g/mol. The van der Waals surface area contributed by atoms with Crippen molar-refractivity contribution in [1.29, 1.82) is 0 Å². The van der Waals surface area contributed by atoms with E-state index < -0.39 is 30.0 Å². The molecule has 5 N–H and O–H groups in total. The number of hydrogen-bond acceptors (Lipinski definition) is 11. The molecule has 52 heavy (non-hydrogen) atoms. The molecule has 0 bridgehead atoms. The van der Waals surface area contributed by atoms with E-state index in [1.807, 2.05) is 24.3 Å².